The molecule has 0 aromatic carbocycles. The van der Waals surface area contributed by atoms with Crippen molar-refractivity contribution >= 4 is 5.97 Å². The summed E-state index contributed by atoms with van der Waals surface area (Å²) in [6.45, 7) is 1.01. The molecular formula is C17H26O11. The number of ether oxygens (including phenoxy) is 4. The van der Waals surface area contributed by atoms with Crippen LogP contribution in [0.5, 0.6) is 0 Å². The maximum absolute atomic E-state index is 12.0. The Morgan fingerprint density at radius 1 is 1.21 bits per heavy atom. The SMILES string of the molecule is COC(=O)C1=CO[C@@H](O[C@@H]2O[C@H](CO)[C@@H](O)[C@H](O)[C@H]2O)C2[C@@H](C)[C@@H](O)C[C@]12O. The number of aliphatic hydroxyl groups is 6. The molecule has 0 aromatic rings. The molecule has 0 spiro atoms. The van der Waals surface area contributed by atoms with Gasteiger partial charge in [-0.25, -0.2) is 4.79 Å². The van der Waals surface area contributed by atoms with Crippen LogP contribution in [-0.4, -0.2) is 99.0 Å². The van der Waals surface area contributed by atoms with Gasteiger partial charge in [0.15, 0.2) is 6.29 Å². The number of aliphatic hydroxyl groups excluding tert-OH is 5. The van der Waals surface area contributed by atoms with Gasteiger partial charge < -0.3 is 49.6 Å². The van der Waals surface area contributed by atoms with E-state index in [4.69, 9.17) is 14.2 Å². The minimum absolute atomic E-state index is 0.155. The lowest BCUT2D eigenvalue weighted by molar-refractivity contribution is -0.347. The Balaban J connectivity index is 1.86. The van der Waals surface area contributed by atoms with Gasteiger partial charge in [-0.15, -0.1) is 0 Å². The summed E-state index contributed by atoms with van der Waals surface area (Å²) in [7, 11) is 1.15. The van der Waals surface area contributed by atoms with Crippen molar-refractivity contribution < 1.29 is 54.4 Å². The highest BCUT2D eigenvalue weighted by atomic mass is 16.8. The number of fused-ring (bicyclic) bond motifs is 1. The highest BCUT2D eigenvalue weighted by Gasteiger charge is 2.61. The maximum Gasteiger partial charge on any atom is 0.339 e. The molecule has 0 aromatic heterocycles. The first-order chi connectivity index (χ1) is 13.2. The first kappa shape index (κ1) is 21.4. The number of hydrogen-bond donors (Lipinski definition) is 6. The summed E-state index contributed by atoms with van der Waals surface area (Å²) in [6.07, 6.45) is -8.95. The van der Waals surface area contributed by atoms with E-state index in [9.17, 15) is 35.4 Å². The van der Waals surface area contributed by atoms with E-state index < -0.39 is 73.1 Å². The second-order valence-corrected chi connectivity index (χ2v) is 7.44. The Hall–Kier alpha value is -1.31. The highest BCUT2D eigenvalue weighted by Crippen LogP contribution is 2.50. The van der Waals surface area contributed by atoms with Crippen LogP contribution in [0.25, 0.3) is 0 Å². The molecule has 0 radical (unpaired) electrons. The van der Waals surface area contributed by atoms with Crippen molar-refractivity contribution in [2.45, 2.75) is 62.0 Å². The molecule has 6 N–H and O–H groups in total. The van der Waals surface area contributed by atoms with Gasteiger partial charge in [-0.3, -0.25) is 0 Å². The molecule has 10 atom stereocenters. The normalized spacial score (nSPS) is 48.4. The third-order valence-electron chi connectivity index (χ3n) is 5.85. The highest BCUT2D eigenvalue weighted by molar-refractivity contribution is 5.90. The maximum atomic E-state index is 12.0. The molecule has 1 unspecified atom stereocenters. The van der Waals surface area contributed by atoms with Crippen molar-refractivity contribution in [1.29, 1.82) is 0 Å². The number of methoxy groups -OCH3 is 1. The number of carbonyl (C=O) groups excluding carboxylic acids is 1. The van der Waals surface area contributed by atoms with Crippen LogP contribution in [0, 0.1) is 11.8 Å². The smallest absolute Gasteiger partial charge is 0.339 e. The number of hydrogen-bond acceptors (Lipinski definition) is 11. The topological polar surface area (TPSA) is 175 Å². The van der Waals surface area contributed by atoms with Gasteiger partial charge in [-0.1, -0.05) is 6.92 Å². The number of esters is 1. The van der Waals surface area contributed by atoms with Crippen molar-refractivity contribution in [3.8, 4) is 0 Å². The quantitative estimate of drug-likeness (QED) is 0.262. The molecule has 2 fully saturated rings. The molecule has 3 rings (SSSR count). The zero-order chi connectivity index (χ0) is 20.8. The van der Waals surface area contributed by atoms with Crippen LogP contribution in [0.2, 0.25) is 0 Å². The Morgan fingerprint density at radius 2 is 1.89 bits per heavy atom. The summed E-state index contributed by atoms with van der Waals surface area (Å²) in [5, 5.41) is 60.6. The average molecular weight is 406 g/mol. The Bertz CT molecular complexity index is 622. The average Bonchev–Trinajstić information content (AvgIpc) is 2.91. The van der Waals surface area contributed by atoms with E-state index in [2.05, 4.69) is 4.74 Å². The molecule has 3 aliphatic rings. The summed E-state index contributed by atoms with van der Waals surface area (Å²) >= 11 is 0. The summed E-state index contributed by atoms with van der Waals surface area (Å²) in [4.78, 5) is 12.0. The van der Waals surface area contributed by atoms with Gasteiger partial charge in [0.1, 0.15) is 35.6 Å². The molecule has 1 saturated carbocycles. The number of carbonyl (C=O) groups is 1. The molecule has 2 aliphatic heterocycles. The van der Waals surface area contributed by atoms with Gasteiger partial charge in [0.2, 0.25) is 6.29 Å². The van der Waals surface area contributed by atoms with Crippen molar-refractivity contribution in [3.63, 3.8) is 0 Å². The van der Waals surface area contributed by atoms with Crippen LogP contribution in [0.1, 0.15) is 13.3 Å². The molecule has 11 nitrogen and oxygen atoms in total. The molecule has 1 aliphatic carbocycles. The predicted octanol–water partition coefficient (Wildman–Crippen LogP) is -3.04. The third-order valence-corrected chi connectivity index (χ3v) is 5.85. The van der Waals surface area contributed by atoms with Crippen molar-refractivity contribution in [2.24, 2.45) is 11.8 Å². The Labute approximate surface area is 160 Å². The lowest BCUT2D eigenvalue weighted by Gasteiger charge is -2.44. The lowest BCUT2D eigenvalue weighted by Crippen LogP contribution is -2.61. The van der Waals surface area contributed by atoms with E-state index >= 15 is 0 Å². The van der Waals surface area contributed by atoms with Crippen LogP contribution in [-0.2, 0) is 23.7 Å². The van der Waals surface area contributed by atoms with Gasteiger partial charge in [-0.05, 0) is 5.92 Å². The van der Waals surface area contributed by atoms with Crippen molar-refractivity contribution in [3.05, 3.63) is 11.8 Å². The lowest BCUT2D eigenvalue weighted by atomic mass is 9.79. The van der Waals surface area contributed by atoms with Gasteiger partial charge >= 0.3 is 5.97 Å². The molecule has 28 heavy (non-hydrogen) atoms. The van der Waals surface area contributed by atoms with Gasteiger partial charge in [-0.2, -0.15) is 0 Å². The zero-order valence-electron chi connectivity index (χ0n) is 15.4. The van der Waals surface area contributed by atoms with E-state index in [0.29, 0.717) is 0 Å². The van der Waals surface area contributed by atoms with Gasteiger partial charge in [0.05, 0.1) is 32.0 Å². The minimum Gasteiger partial charge on any atom is -0.471 e. The fourth-order valence-electron chi connectivity index (χ4n) is 4.16. The molecule has 0 bridgehead atoms. The number of rotatable bonds is 4. The standard InChI is InChI=1S/C17H26O11/c1-6-8(19)3-17(24)7(14(23)25-2)5-26-15(10(6)17)28-16-13(22)12(21)11(20)9(4-18)27-16/h5-6,8-13,15-16,18-22,24H,3-4H2,1-2H3/t6-,8-,9+,10?,11+,12-,13+,15-,16-,17-/m0/s1. The summed E-state index contributed by atoms with van der Waals surface area (Å²) in [5.74, 6) is -2.30. The zero-order valence-corrected chi connectivity index (χ0v) is 15.4. The first-order valence-electron chi connectivity index (χ1n) is 8.96. The van der Waals surface area contributed by atoms with Gasteiger partial charge in [0, 0.05) is 6.42 Å². The summed E-state index contributed by atoms with van der Waals surface area (Å²) < 4.78 is 21.0. The molecule has 1 saturated heterocycles. The summed E-state index contributed by atoms with van der Waals surface area (Å²) in [6, 6.07) is 0. The van der Waals surface area contributed by atoms with Crippen LogP contribution in [0.3, 0.4) is 0 Å². The van der Waals surface area contributed by atoms with Gasteiger partial charge in [0.25, 0.3) is 0 Å². The fourth-order valence-corrected chi connectivity index (χ4v) is 4.16. The van der Waals surface area contributed by atoms with Crippen LogP contribution >= 0.6 is 0 Å². The van der Waals surface area contributed by atoms with Crippen molar-refractivity contribution in [2.75, 3.05) is 13.7 Å². The molecule has 0 amide bonds. The van der Waals surface area contributed by atoms with E-state index in [1.165, 1.54) is 0 Å². The van der Waals surface area contributed by atoms with Crippen molar-refractivity contribution in [1.82, 2.24) is 0 Å². The van der Waals surface area contributed by atoms with E-state index in [1.807, 2.05) is 0 Å². The molecular weight excluding hydrogens is 380 g/mol. The van der Waals surface area contributed by atoms with Crippen LogP contribution in [0.15, 0.2) is 11.8 Å². The summed E-state index contributed by atoms with van der Waals surface area (Å²) in [5.41, 5.74) is -1.97. The van der Waals surface area contributed by atoms with E-state index in [1.54, 1.807) is 6.92 Å². The van der Waals surface area contributed by atoms with E-state index in [0.717, 1.165) is 13.4 Å². The molecule has 160 valence electrons. The van der Waals surface area contributed by atoms with Crippen LogP contribution < -0.4 is 0 Å². The molecule has 11 heteroatoms. The van der Waals surface area contributed by atoms with Crippen LogP contribution in [0.4, 0.5) is 0 Å². The van der Waals surface area contributed by atoms with E-state index in [-0.39, 0.29) is 12.0 Å². The molecule has 2 heterocycles. The fraction of sp³-hybridized carbons (Fsp3) is 0.824. The second kappa shape index (κ2) is 7.84. The Kier molecular flexibility index (Phi) is 5.99. The first-order valence-corrected chi connectivity index (χ1v) is 8.96. The largest absolute Gasteiger partial charge is 0.471 e. The minimum atomic E-state index is -1.80. The second-order valence-electron chi connectivity index (χ2n) is 7.44. The predicted molar refractivity (Wildman–Crippen MR) is 88.1 cm³/mol. The third kappa shape index (κ3) is 3.31. The Morgan fingerprint density at radius 3 is 2.50 bits per heavy atom. The monoisotopic (exact) mass is 406 g/mol.